The Bertz CT molecular complexity index is 389. The van der Waals surface area contributed by atoms with E-state index >= 15 is 0 Å². The van der Waals surface area contributed by atoms with Gasteiger partial charge in [0.1, 0.15) is 0 Å². The minimum atomic E-state index is -0.201. The molecule has 1 aromatic rings. The topological polar surface area (TPSA) is 62.0 Å². The summed E-state index contributed by atoms with van der Waals surface area (Å²) in [7, 11) is 0. The Morgan fingerprint density at radius 2 is 2.12 bits per heavy atom. The number of aromatic amines is 1. The summed E-state index contributed by atoms with van der Waals surface area (Å²) in [6.45, 7) is 6.18. The number of hydrogen-bond donors (Lipinski definition) is 2. The summed E-state index contributed by atoms with van der Waals surface area (Å²) >= 11 is 0. The second kappa shape index (κ2) is 5.49. The minimum Gasteiger partial charge on any atom is -0.349 e. The van der Waals surface area contributed by atoms with Crippen LogP contribution in [-0.4, -0.2) is 16.9 Å². The van der Waals surface area contributed by atoms with E-state index in [1.165, 1.54) is 18.3 Å². The van der Waals surface area contributed by atoms with Crippen molar-refractivity contribution in [1.82, 2.24) is 10.3 Å². The zero-order valence-corrected chi connectivity index (χ0v) is 9.91. The van der Waals surface area contributed by atoms with Crippen LogP contribution in [0.4, 0.5) is 0 Å². The number of rotatable bonds is 4. The summed E-state index contributed by atoms with van der Waals surface area (Å²) in [6, 6.07) is 3.05. The average molecular weight is 222 g/mol. The number of amides is 1. The Labute approximate surface area is 95.1 Å². The molecule has 1 aromatic heterocycles. The lowest BCUT2D eigenvalue weighted by molar-refractivity contribution is 0.0924. The van der Waals surface area contributed by atoms with E-state index in [2.05, 4.69) is 24.1 Å². The van der Waals surface area contributed by atoms with Crippen LogP contribution in [0.2, 0.25) is 0 Å². The summed E-state index contributed by atoms with van der Waals surface area (Å²) in [6.07, 6.45) is 2.33. The highest BCUT2D eigenvalue weighted by Gasteiger charge is 2.14. The van der Waals surface area contributed by atoms with Crippen molar-refractivity contribution in [3.05, 3.63) is 34.2 Å². The van der Waals surface area contributed by atoms with Gasteiger partial charge < -0.3 is 10.3 Å². The largest absolute Gasteiger partial charge is 0.349 e. The highest BCUT2D eigenvalue weighted by molar-refractivity contribution is 5.93. The third kappa shape index (κ3) is 3.22. The van der Waals surface area contributed by atoms with Crippen molar-refractivity contribution < 1.29 is 4.79 Å². The third-order valence-corrected chi connectivity index (χ3v) is 2.61. The van der Waals surface area contributed by atoms with Crippen LogP contribution in [0.25, 0.3) is 0 Å². The molecule has 0 saturated heterocycles. The van der Waals surface area contributed by atoms with Gasteiger partial charge in [-0.15, -0.1) is 0 Å². The van der Waals surface area contributed by atoms with Gasteiger partial charge in [-0.2, -0.15) is 0 Å². The summed E-state index contributed by atoms with van der Waals surface area (Å²) < 4.78 is 0. The average Bonchev–Trinajstić information content (AvgIpc) is 2.26. The standard InChI is InChI=1S/C12H18N2O2/c1-4-10(8(2)3)14-12(16)9-5-6-11(15)13-7-9/h5-8,10H,4H2,1-3H3,(H,13,15)(H,14,16). The lowest BCUT2D eigenvalue weighted by Gasteiger charge is -2.20. The Morgan fingerprint density at radius 3 is 2.56 bits per heavy atom. The molecule has 0 aliphatic rings. The first-order chi connectivity index (χ1) is 7.54. The molecule has 1 heterocycles. The first-order valence-corrected chi connectivity index (χ1v) is 5.54. The summed E-state index contributed by atoms with van der Waals surface area (Å²) in [5.41, 5.74) is 0.283. The fraction of sp³-hybridized carbons (Fsp3) is 0.500. The summed E-state index contributed by atoms with van der Waals surface area (Å²) in [5, 5.41) is 2.94. The van der Waals surface area contributed by atoms with Crippen LogP contribution in [0.15, 0.2) is 23.1 Å². The number of pyridine rings is 1. The van der Waals surface area contributed by atoms with E-state index in [9.17, 15) is 9.59 Å². The SMILES string of the molecule is CCC(NC(=O)c1ccc(=O)[nH]c1)C(C)C. The van der Waals surface area contributed by atoms with E-state index in [1.54, 1.807) is 0 Å². The molecule has 88 valence electrons. The van der Waals surface area contributed by atoms with Gasteiger partial charge in [0.15, 0.2) is 0 Å². The van der Waals surface area contributed by atoms with Crippen molar-refractivity contribution in [2.24, 2.45) is 5.92 Å². The molecule has 0 radical (unpaired) electrons. The molecule has 0 aliphatic carbocycles. The lowest BCUT2D eigenvalue weighted by Crippen LogP contribution is -2.38. The van der Waals surface area contributed by atoms with Gasteiger partial charge in [0.05, 0.1) is 5.56 Å². The second-order valence-corrected chi connectivity index (χ2v) is 4.17. The maximum Gasteiger partial charge on any atom is 0.252 e. The highest BCUT2D eigenvalue weighted by atomic mass is 16.2. The molecule has 1 rings (SSSR count). The molecular weight excluding hydrogens is 204 g/mol. The second-order valence-electron chi connectivity index (χ2n) is 4.17. The zero-order valence-electron chi connectivity index (χ0n) is 9.91. The smallest absolute Gasteiger partial charge is 0.252 e. The number of H-pyrrole nitrogens is 1. The van der Waals surface area contributed by atoms with Crippen LogP contribution in [0, 0.1) is 5.92 Å². The van der Waals surface area contributed by atoms with E-state index in [0.717, 1.165) is 6.42 Å². The fourth-order valence-electron chi connectivity index (χ4n) is 1.54. The van der Waals surface area contributed by atoms with Gasteiger partial charge in [0.25, 0.3) is 5.91 Å². The molecule has 0 bridgehead atoms. The van der Waals surface area contributed by atoms with Gasteiger partial charge in [-0.3, -0.25) is 9.59 Å². The van der Waals surface area contributed by atoms with Crippen molar-refractivity contribution in [2.75, 3.05) is 0 Å². The van der Waals surface area contributed by atoms with Crippen molar-refractivity contribution in [2.45, 2.75) is 33.2 Å². The maximum absolute atomic E-state index is 11.8. The number of nitrogens with one attached hydrogen (secondary N) is 2. The van der Waals surface area contributed by atoms with Crippen molar-refractivity contribution >= 4 is 5.91 Å². The molecule has 1 unspecified atom stereocenters. The maximum atomic E-state index is 11.8. The van der Waals surface area contributed by atoms with Crippen LogP contribution in [0.3, 0.4) is 0 Å². The van der Waals surface area contributed by atoms with Gasteiger partial charge in [-0.1, -0.05) is 20.8 Å². The van der Waals surface area contributed by atoms with Crippen LogP contribution in [0.1, 0.15) is 37.6 Å². The Kier molecular flexibility index (Phi) is 4.28. The summed E-state index contributed by atoms with van der Waals surface area (Å²) in [5.74, 6) is 0.258. The van der Waals surface area contributed by atoms with Gasteiger partial charge in [-0.05, 0) is 18.4 Å². The Balaban J connectivity index is 2.71. The van der Waals surface area contributed by atoms with Gasteiger partial charge in [0.2, 0.25) is 5.56 Å². The first kappa shape index (κ1) is 12.5. The molecule has 16 heavy (non-hydrogen) atoms. The quantitative estimate of drug-likeness (QED) is 0.811. The van der Waals surface area contributed by atoms with Crippen molar-refractivity contribution in [1.29, 1.82) is 0 Å². The summed E-state index contributed by atoms with van der Waals surface area (Å²) in [4.78, 5) is 25.1. The predicted molar refractivity (Wildman–Crippen MR) is 63.4 cm³/mol. The molecular formula is C12H18N2O2. The molecule has 4 nitrogen and oxygen atoms in total. The van der Waals surface area contributed by atoms with Gasteiger partial charge in [0, 0.05) is 18.3 Å². The molecule has 0 aromatic carbocycles. The minimum absolute atomic E-state index is 0.142. The van der Waals surface area contributed by atoms with Crippen LogP contribution >= 0.6 is 0 Å². The first-order valence-electron chi connectivity index (χ1n) is 5.54. The molecule has 1 atom stereocenters. The van der Waals surface area contributed by atoms with E-state index in [4.69, 9.17) is 0 Å². The van der Waals surface area contributed by atoms with Crippen molar-refractivity contribution in [3.8, 4) is 0 Å². The molecule has 0 aliphatic heterocycles. The Morgan fingerprint density at radius 1 is 1.44 bits per heavy atom. The van der Waals surface area contributed by atoms with Gasteiger partial charge >= 0.3 is 0 Å². The number of carbonyl (C=O) groups excluding carboxylic acids is 1. The highest BCUT2D eigenvalue weighted by Crippen LogP contribution is 2.06. The van der Waals surface area contributed by atoms with E-state index in [-0.39, 0.29) is 17.5 Å². The monoisotopic (exact) mass is 222 g/mol. The van der Waals surface area contributed by atoms with Crippen molar-refractivity contribution in [3.63, 3.8) is 0 Å². The van der Waals surface area contributed by atoms with Gasteiger partial charge in [-0.25, -0.2) is 0 Å². The normalized spacial score (nSPS) is 12.5. The number of hydrogen-bond acceptors (Lipinski definition) is 2. The Hall–Kier alpha value is -1.58. The fourth-order valence-corrected chi connectivity index (χ4v) is 1.54. The molecule has 4 heteroatoms. The third-order valence-electron chi connectivity index (χ3n) is 2.61. The zero-order chi connectivity index (χ0) is 12.1. The van der Waals surface area contributed by atoms with E-state index in [0.29, 0.717) is 11.5 Å². The molecule has 1 amide bonds. The molecule has 2 N–H and O–H groups in total. The van der Waals surface area contributed by atoms with Crippen LogP contribution < -0.4 is 10.9 Å². The van der Waals surface area contributed by atoms with Crippen LogP contribution in [0.5, 0.6) is 0 Å². The van der Waals surface area contributed by atoms with E-state index in [1.807, 2.05) is 6.92 Å². The molecule has 0 saturated carbocycles. The molecule has 0 fully saturated rings. The predicted octanol–water partition coefficient (Wildman–Crippen LogP) is 1.54. The lowest BCUT2D eigenvalue weighted by atomic mass is 10.0. The number of aromatic nitrogens is 1. The molecule has 0 spiro atoms. The van der Waals surface area contributed by atoms with E-state index < -0.39 is 0 Å². The van der Waals surface area contributed by atoms with Crippen LogP contribution in [-0.2, 0) is 0 Å². The number of carbonyl (C=O) groups is 1.